The first-order valence-corrected chi connectivity index (χ1v) is 9.46. The zero-order valence-corrected chi connectivity index (χ0v) is 15.7. The molecule has 0 saturated heterocycles. The summed E-state index contributed by atoms with van der Waals surface area (Å²) in [5.74, 6) is -0.406. The van der Waals surface area contributed by atoms with E-state index in [4.69, 9.17) is 0 Å². The third-order valence-corrected chi connectivity index (χ3v) is 5.14. The van der Waals surface area contributed by atoms with Gasteiger partial charge in [-0.3, -0.25) is 14.3 Å². The van der Waals surface area contributed by atoms with E-state index >= 15 is 0 Å². The van der Waals surface area contributed by atoms with Crippen LogP contribution < -0.4 is 10.6 Å². The lowest BCUT2D eigenvalue weighted by Crippen LogP contribution is -2.36. The van der Waals surface area contributed by atoms with Crippen LogP contribution in [0, 0.1) is 6.92 Å². The Hall–Kier alpha value is -2.67. The average molecular weight is 370 g/mol. The van der Waals surface area contributed by atoms with Crippen LogP contribution in [0.15, 0.2) is 36.4 Å². The second-order valence-electron chi connectivity index (χ2n) is 6.09. The van der Waals surface area contributed by atoms with Crippen LogP contribution in [0.1, 0.15) is 34.3 Å². The zero-order valence-electron chi connectivity index (χ0n) is 14.9. The van der Waals surface area contributed by atoms with Crippen molar-refractivity contribution in [2.75, 3.05) is 13.1 Å². The van der Waals surface area contributed by atoms with Gasteiger partial charge in [-0.1, -0.05) is 37.3 Å². The topological polar surface area (TPSA) is 76.0 Å². The fraction of sp³-hybridized carbons (Fsp3) is 0.316. The summed E-state index contributed by atoms with van der Waals surface area (Å²) in [6, 6.07) is 11.9. The van der Waals surface area contributed by atoms with Gasteiger partial charge in [0.2, 0.25) is 5.91 Å². The maximum absolute atomic E-state index is 12.4. The number of nitrogens with zero attached hydrogens (tertiary/aromatic N) is 2. The molecule has 0 fully saturated rings. The number of carbonyl (C=O) groups is 2. The van der Waals surface area contributed by atoms with Crippen molar-refractivity contribution < 1.29 is 9.59 Å². The molecule has 6 nitrogen and oxygen atoms in total. The molecule has 0 radical (unpaired) electrons. The van der Waals surface area contributed by atoms with Gasteiger partial charge in [-0.2, -0.15) is 5.10 Å². The lowest BCUT2D eigenvalue weighted by Gasteiger charge is -2.05. The number of rotatable bonds is 7. The predicted octanol–water partition coefficient (Wildman–Crippen LogP) is 2.71. The number of amides is 2. The minimum atomic E-state index is -0.233. The molecule has 3 rings (SSSR count). The second-order valence-corrected chi connectivity index (χ2v) is 7.12. The summed E-state index contributed by atoms with van der Waals surface area (Å²) in [5, 5.41) is 11.0. The summed E-state index contributed by atoms with van der Waals surface area (Å²) < 4.78 is 1.93. The van der Waals surface area contributed by atoms with Crippen LogP contribution >= 0.6 is 11.3 Å². The van der Waals surface area contributed by atoms with Gasteiger partial charge in [-0.05, 0) is 25.0 Å². The molecule has 2 heterocycles. The van der Waals surface area contributed by atoms with Crippen molar-refractivity contribution in [3.8, 4) is 0 Å². The standard InChI is InChI=1S/C19H22N4O2S/c1-3-9-20-17(24)11-21-18(25)16-10-15-13(2)22-23(19(15)26-16)12-14-7-5-4-6-8-14/h4-8,10H,3,9,11-12H2,1-2H3,(H,20,24)(H,21,25). The largest absolute Gasteiger partial charge is 0.355 e. The smallest absolute Gasteiger partial charge is 0.261 e. The molecule has 2 aromatic heterocycles. The Morgan fingerprint density at radius 1 is 1.19 bits per heavy atom. The van der Waals surface area contributed by atoms with Crippen molar-refractivity contribution in [1.29, 1.82) is 0 Å². The molecule has 0 aliphatic carbocycles. The molecular formula is C19H22N4O2S. The molecule has 7 heteroatoms. The number of aromatic nitrogens is 2. The Morgan fingerprint density at radius 2 is 1.96 bits per heavy atom. The Bertz CT molecular complexity index is 914. The maximum atomic E-state index is 12.4. The van der Waals surface area contributed by atoms with Gasteiger partial charge in [0.15, 0.2) is 0 Å². The molecule has 0 bridgehead atoms. The second kappa shape index (κ2) is 8.14. The highest BCUT2D eigenvalue weighted by atomic mass is 32.1. The summed E-state index contributed by atoms with van der Waals surface area (Å²) in [6.45, 7) is 5.19. The van der Waals surface area contributed by atoms with E-state index in [0.717, 1.165) is 27.9 Å². The molecule has 0 aliphatic rings. The van der Waals surface area contributed by atoms with Gasteiger partial charge in [0.1, 0.15) is 4.83 Å². The molecule has 2 N–H and O–H groups in total. The van der Waals surface area contributed by atoms with Crippen molar-refractivity contribution in [3.63, 3.8) is 0 Å². The van der Waals surface area contributed by atoms with E-state index in [2.05, 4.69) is 27.9 Å². The van der Waals surface area contributed by atoms with Crippen LogP contribution in [-0.4, -0.2) is 34.7 Å². The number of hydrogen-bond donors (Lipinski definition) is 2. The molecule has 136 valence electrons. The van der Waals surface area contributed by atoms with Crippen molar-refractivity contribution in [1.82, 2.24) is 20.4 Å². The van der Waals surface area contributed by atoms with Gasteiger partial charge in [-0.25, -0.2) is 0 Å². The number of hydrogen-bond acceptors (Lipinski definition) is 4. The van der Waals surface area contributed by atoms with Gasteiger partial charge in [0.05, 0.1) is 23.7 Å². The van der Waals surface area contributed by atoms with E-state index in [9.17, 15) is 9.59 Å². The van der Waals surface area contributed by atoms with Crippen molar-refractivity contribution in [2.45, 2.75) is 26.8 Å². The van der Waals surface area contributed by atoms with Gasteiger partial charge < -0.3 is 10.6 Å². The first kappa shape index (κ1) is 18.1. The van der Waals surface area contributed by atoms with E-state index in [1.54, 1.807) is 0 Å². The van der Waals surface area contributed by atoms with E-state index in [0.29, 0.717) is 18.0 Å². The maximum Gasteiger partial charge on any atom is 0.261 e. The monoisotopic (exact) mass is 370 g/mol. The number of nitrogens with one attached hydrogen (secondary N) is 2. The van der Waals surface area contributed by atoms with Crippen molar-refractivity contribution in [2.24, 2.45) is 0 Å². The fourth-order valence-electron chi connectivity index (χ4n) is 2.66. The van der Waals surface area contributed by atoms with Crippen LogP contribution in [0.3, 0.4) is 0 Å². The van der Waals surface area contributed by atoms with Crippen molar-refractivity contribution in [3.05, 3.63) is 52.5 Å². The molecule has 26 heavy (non-hydrogen) atoms. The van der Waals surface area contributed by atoms with Crippen molar-refractivity contribution >= 4 is 33.4 Å². The highest BCUT2D eigenvalue weighted by Crippen LogP contribution is 2.28. The quantitative estimate of drug-likeness (QED) is 0.671. The van der Waals surface area contributed by atoms with Crippen LogP contribution in [0.25, 0.3) is 10.2 Å². The highest BCUT2D eigenvalue weighted by Gasteiger charge is 2.17. The minimum absolute atomic E-state index is 0.0117. The molecule has 0 saturated carbocycles. The predicted molar refractivity (Wildman–Crippen MR) is 104 cm³/mol. The molecule has 0 spiro atoms. The molecule has 0 atom stereocenters. The average Bonchev–Trinajstić information content (AvgIpc) is 3.20. The number of fused-ring (bicyclic) bond motifs is 1. The molecular weight excluding hydrogens is 348 g/mol. The Kier molecular flexibility index (Phi) is 5.68. The molecule has 3 aromatic rings. The van der Waals surface area contributed by atoms with Crippen LogP contribution in [0.4, 0.5) is 0 Å². The van der Waals surface area contributed by atoms with Gasteiger partial charge in [-0.15, -0.1) is 11.3 Å². The Labute approximate surface area is 156 Å². The van der Waals surface area contributed by atoms with Crippen LogP contribution in [-0.2, 0) is 11.3 Å². The van der Waals surface area contributed by atoms with Gasteiger partial charge >= 0.3 is 0 Å². The van der Waals surface area contributed by atoms with Gasteiger partial charge in [0.25, 0.3) is 5.91 Å². The first-order valence-electron chi connectivity index (χ1n) is 8.64. The molecule has 2 amide bonds. The normalized spacial score (nSPS) is 10.8. The van der Waals surface area contributed by atoms with Gasteiger partial charge in [0, 0.05) is 11.9 Å². The Morgan fingerprint density at radius 3 is 2.69 bits per heavy atom. The van der Waals surface area contributed by atoms with E-state index in [1.165, 1.54) is 11.3 Å². The number of aryl methyl sites for hydroxylation is 1. The third-order valence-electron chi connectivity index (χ3n) is 3.99. The number of carbonyl (C=O) groups excluding carboxylic acids is 2. The summed E-state index contributed by atoms with van der Waals surface area (Å²) in [6.07, 6.45) is 0.868. The van der Waals surface area contributed by atoms with E-state index in [-0.39, 0.29) is 18.4 Å². The summed E-state index contributed by atoms with van der Waals surface area (Å²) in [7, 11) is 0. The SMILES string of the molecule is CCCNC(=O)CNC(=O)c1cc2c(C)nn(Cc3ccccc3)c2s1. The summed E-state index contributed by atoms with van der Waals surface area (Å²) in [4.78, 5) is 25.5. The van der Waals surface area contributed by atoms with Crippen LogP contribution in [0.2, 0.25) is 0 Å². The third kappa shape index (κ3) is 4.11. The van der Waals surface area contributed by atoms with E-state index < -0.39 is 0 Å². The Balaban J connectivity index is 1.73. The molecule has 0 aliphatic heterocycles. The molecule has 1 aromatic carbocycles. The minimum Gasteiger partial charge on any atom is -0.355 e. The lowest BCUT2D eigenvalue weighted by molar-refractivity contribution is -0.120. The summed E-state index contributed by atoms with van der Waals surface area (Å²) >= 11 is 1.40. The highest BCUT2D eigenvalue weighted by molar-refractivity contribution is 7.20. The van der Waals surface area contributed by atoms with Crippen LogP contribution in [0.5, 0.6) is 0 Å². The zero-order chi connectivity index (χ0) is 18.5. The molecule has 0 unspecified atom stereocenters. The number of benzene rings is 1. The first-order chi connectivity index (χ1) is 12.6. The lowest BCUT2D eigenvalue weighted by atomic mass is 10.2. The number of thiophene rings is 1. The summed E-state index contributed by atoms with van der Waals surface area (Å²) in [5.41, 5.74) is 2.05. The van der Waals surface area contributed by atoms with E-state index in [1.807, 2.05) is 42.8 Å². The fourth-order valence-corrected chi connectivity index (χ4v) is 3.74.